The number of aryl methyl sites for hydroxylation is 2. The minimum Gasteiger partial charge on any atom is -0.497 e. The predicted octanol–water partition coefficient (Wildman–Crippen LogP) is 3.42. The number of rotatable bonds is 4. The first-order valence-corrected chi connectivity index (χ1v) is 11.4. The molecule has 1 aromatic carbocycles. The molecule has 4 aliphatic rings. The highest BCUT2D eigenvalue weighted by Crippen LogP contribution is 2.53. The number of fused-ring (bicyclic) bond motifs is 3. The van der Waals surface area contributed by atoms with Gasteiger partial charge in [0.25, 0.3) is 5.91 Å². The van der Waals surface area contributed by atoms with Gasteiger partial charge in [-0.1, -0.05) is 0 Å². The fraction of sp³-hybridized carbons (Fsp3) is 0.542. The van der Waals surface area contributed by atoms with Gasteiger partial charge in [0.05, 0.1) is 29.7 Å². The fourth-order valence-corrected chi connectivity index (χ4v) is 5.84. The zero-order valence-corrected chi connectivity index (χ0v) is 19.0. The number of hydrogen-bond acceptors (Lipinski definition) is 5. The van der Waals surface area contributed by atoms with Gasteiger partial charge in [-0.25, -0.2) is 0 Å². The second-order valence-electron chi connectivity index (χ2n) is 9.24. The molecule has 32 heavy (non-hydrogen) atoms. The highest BCUT2D eigenvalue weighted by atomic mass is 16.5. The molecule has 2 bridgehead atoms. The predicted molar refractivity (Wildman–Crippen MR) is 119 cm³/mol. The van der Waals surface area contributed by atoms with Crippen molar-refractivity contribution >= 4 is 17.5 Å². The van der Waals surface area contributed by atoms with Crippen LogP contribution in [0.4, 0.5) is 5.69 Å². The summed E-state index contributed by atoms with van der Waals surface area (Å²) in [5.41, 5.74) is 2.39. The minimum absolute atomic E-state index is 0.0422. The average Bonchev–Trinajstić information content (AvgIpc) is 3.06. The first kappa shape index (κ1) is 20.8. The number of methoxy groups -OCH3 is 1. The summed E-state index contributed by atoms with van der Waals surface area (Å²) in [7, 11) is 1.60. The maximum absolute atomic E-state index is 13.3. The number of benzene rings is 1. The Balaban J connectivity index is 1.36. The lowest BCUT2D eigenvalue weighted by Crippen LogP contribution is -2.66. The molecular weight excluding hydrogens is 408 g/mol. The number of aromatic nitrogens is 2. The zero-order chi connectivity index (χ0) is 22.6. The van der Waals surface area contributed by atoms with Crippen molar-refractivity contribution in [3.05, 3.63) is 35.2 Å². The molecule has 3 aliphatic carbocycles. The molecule has 2 amide bonds. The third-order valence-electron chi connectivity index (χ3n) is 7.53. The van der Waals surface area contributed by atoms with E-state index in [0.29, 0.717) is 29.9 Å². The Kier molecular flexibility index (Phi) is 4.91. The van der Waals surface area contributed by atoms with Crippen molar-refractivity contribution in [2.45, 2.75) is 58.7 Å². The summed E-state index contributed by atoms with van der Waals surface area (Å²) in [6, 6.07) is 5.27. The van der Waals surface area contributed by atoms with Gasteiger partial charge in [0, 0.05) is 30.9 Å². The van der Waals surface area contributed by atoms with Crippen LogP contribution in [0.1, 0.15) is 54.4 Å². The number of anilines is 1. The second kappa shape index (κ2) is 7.53. The molecule has 2 N–H and O–H groups in total. The third-order valence-corrected chi connectivity index (χ3v) is 7.53. The van der Waals surface area contributed by atoms with E-state index < -0.39 is 5.72 Å². The minimum atomic E-state index is -0.755. The van der Waals surface area contributed by atoms with Crippen molar-refractivity contribution in [1.82, 2.24) is 15.1 Å². The van der Waals surface area contributed by atoms with Crippen LogP contribution in [0, 0.1) is 31.6 Å². The number of hydrogen-bond donors (Lipinski definition) is 2. The van der Waals surface area contributed by atoms with Crippen molar-refractivity contribution in [2.24, 2.45) is 17.8 Å². The topological polar surface area (TPSA) is 94.5 Å². The highest BCUT2D eigenvalue weighted by molar-refractivity contribution is 5.99. The summed E-state index contributed by atoms with van der Waals surface area (Å²) in [6.07, 6.45) is 3.21. The van der Waals surface area contributed by atoms with Gasteiger partial charge in [-0.3, -0.25) is 14.3 Å². The normalized spacial score (nSPS) is 28.1. The van der Waals surface area contributed by atoms with Crippen molar-refractivity contribution in [3.63, 3.8) is 0 Å². The van der Waals surface area contributed by atoms with E-state index in [4.69, 9.17) is 9.47 Å². The molecule has 3 saturated carbocycles. The van der Waals surface area contributed by atoms with Gasteiger partial charge in [0.15, 0.2) is 5.72 Å². The van der Waals surface area contributed by atoms with Gasteiger partial charge in [-0.2, -0.15) is 5.10 Å². The van der Waals surface area contributed by atoms with E-state index in [-0.39, 0.29) is 29.6 Å². The molecule has 8 nitrogen and oxygen atoms in total. The molecule has 0 unspecified atom stereocenters. The van der Waals surface area contributed by atoms with Crippen molar-refractivity contribution in [3.8, 4) is 11.5 Å². The van der Waals surface area contributed by atoms with Crippen molar-refractivity contribution in [1.29, 1.82) is 0 Å². The lowest BCUT2D eigenvalue weighted by atomic mass is 9.60. The molecular formula is C24H30N4O4. The van der Waals surface area contributed by atoms with E-state index in [1.807, 2.05) is 25.5 Å². The fourth-order valence-electron chi connectivity index (χ4n) is 5.84. The largest absolute Gasteiger partial charge is 0.497 e. The third kappa shape index (κ3) is 3.15. The Morgan fingerprint density at radius 3 is 2.84 bits per heavy atom. The molecule has 0 saturated heterocycles. The van der Waals surface area contributed by atoms with E-state index >= 15 is 0 Å². The molecule has 4 atom stereocenters. The Morgan fingerprint density at radius 2 is 2.19 bits per heavy atom. The van der Waals surface area contributed by atoms with Gasteiger partial charge in [-0.05, 0) is 58.1 Å². The Labute approximate surface area is 187 Å². The number of carbonyl (C=O) groups is 2. The van der Waals surface area contributed by atoms with E-state index in [2.05, 4.69) is 15.7 Å². The van der Waals surface area contributed by atoms with Crippen LogP contribution in [0.25, 0.3) is 0 Å². The van der Waals surface area contributed by atoms with Crippen LogP contribution in [-0.2, 0) is 11.3 Å². The molecule has 2 heterocycles. The van der Waals surface area contributed by atoms with E-state index in [9.17, 15) is 9.59 Å². The Hall–Kier alpha value is -3.03. The van der Waals surface area contributed by atoms with E-state index in [1.165, 1.54) is 0 Å². The number of nitrogens with zero attached hydrogens (tertiary/aromatic N) is 2. The smallest absolute Gasteiger partial charge is 0.258 e. The van der Waals surface area contributed by atoms with Gasteiger partial charge in [-0.15, -0.1) is 0 Å². The summed E-state index contributed by atoms with van der Waals surface area (Å²) in [5.74, 6) is 1.25. The SMILES string of the molecule is CCn1nc(C)c(NC(=O)[C@@H]2C[C@@H]3CC[C@@H]2C[C@@]32NC(=O)c3ccc(OC)cc3O2)c1C. The second-order valence-corrected chi connectivity index (χ2v) is 9.24. The molecule has 1 aliphatic heterocycles. The first-order valence-electron chi connectivity index (χ1n) is 11.4. The molecule has 170 valence electrons. The van der Waals surface area contributed by atoms with Gasteiger partial charge in [0.2, 0.25) is 5.91 Å². The summed E-state index contributed by atoms with van der Waals surface area (Å²) >= 11 is 0. The summed E-state index contributed by atoms with van der Waals surface area (Å²) in [6.45, 7) is 6.71. The van der Waals surface area contributed by atoms with Crippen LogP contribution >= 0.6 is 0 Å². The number of nitrogens with one attached hydrogen (secondary N) is 2. The number of ether oxygens (including phenoxy) is 2. The zero-order valence-electron chi connectivity index (χ0n) is 19.0. The Morgan fingerprint density at radius 1 is 1.38 bits per heavy atom. The van der Waals surface area contributed by atoms with Gasteiger partial charge in [0.1, 0.15) is 11.5 Å². The molecule has 2 aromatic rings. The van der Waals surface area contributed by atoms with Crippen LogP contribution < -0.4 is 20.1 Å². The quantitative estimate of drug-likeness (QED) is 0.763. The van der Waals surface area contributed by atoms with Gasteiger partial charge >= 0.3 is 0 Å². The molecule has 8 heteroatoms. The summed E-state index contributed by atoms with van der Waals surface area (Å²) in [5, 5.41) is 10.8. The van der Waals surface area contributed by atoms with Crippen LogP contribution in [0.15, 0.2) is 18.2 Å². The Bertz CT molecular complexity index is 1090. The van der Waals surface area contributed by atoms with Gasteiger partial charge < -0.3 is 20.1 Å². The number of amides is 2. The van der Waals surface area contributed by atoms with Crippen molar-refractivity contribution in [2.75, 3.05) is 12.4 Å². The first-order chi connectivity index (χ1) is 15.3. The highest BCUT2D eigenvalue weighted by Gasteiger charge is 2.57. The molecule has 1 spiro atoms. The molecule has 1 aromatic heterocycles. The van der Waals surface area contributed by atoms with Crippen LogP contribution in [0.2, 0.25) is 0 Å². The van der Waals surface area contributed by atoms with Crippen LogP contribution in [-0.4, -0.2) is 34.4 Å². The standard InChI is InChI=1S/C24H30N4O4/c1-5-28-14(3)21(13(2)27-28)25-22(29)19-10-16-7-6-15(19)12-24(16)26-23(30)18-9-8-17(31-4)11-20(18)32-24/h8-9,11,15-16,19H,5-7,10,12H2,1-4H3,(H,25,29)(H,26,30)/t15-,16+,19-,24+/m1/s1. The molecule has 6 rings (SSSR count). The lowest BCUT2D eigenvalue weighted by Gasteiger charge is -2.55. The summed E-state index contributed by atoms with van der Waals surface area (Å²) < 4.78 is 13.7. The maximum Gasteiger partial charge on any atom is 0.258 e. The van der Waals surface area contributed by atoms with E-state index in [0.717, 1.165) is 36.5 Å². The van der Waals surface area contributed by atoms with E-state index in [1.54, 1.807) is 25.3 Å². The summed E-state index contributed by atoms with van der Waals surface area (Å²) in [4.78, 5) is 26.2. The average molecular weight is 439 g/mol. The lowest BCUT2D eigenvalue weighted by molar-refractivity contribution is -0.142. The van der Waals surface area contributed by atoms with Crippen LogP contribution in [0.5, 0.6) is 11.5 Å². The monoisotopic (exact) mass is 438 g/mol. The van der Waals surface area contributed by atoms with Crippen LogP contribution in [0.3, 0.4) is 0 Å². The number of carbonyl (C=O) groups excluding carboxylic acids is 2. The maximum atomic E-state index is 13.3. The van der Waals surface area contributed by atoms with Crippen molar-refractivity contribution < 1.29 is 19.1 Å². The molecule has 3 fully saturated rings. The molecule has 0 radical (unpaired) electrons.